The molecule has 0 saturated heterocycles. The molecule has 0 aromatic heterocycles. The van der Waals surface area contributed by atoms with E-state index < -0.39 is 11.4 Å². The average molecular weight is 478 g/mol. The van der Waals surface area contributed by atoms with Crippen LogP contribution < -0.4 is 10.1 Å². The molecule has 0 spiro atoms. The summed E-state index contributed by atoms with van der Waals surface area (Å²) >= 11 is 12.6. The molecular weight excluding hydrogens is 449 g/mol. The lowest BCUT2D eigenvalue weighted by molar-refractivity contribution is -0.122. The van der Waals surface area contributed by atoms with Crippen LogP contribution >= 0.6 is 23.2 Å². The molecular formula is C25H29Cl2NO4. The second-order valence-corrected chi connectivity index (χ2v) is 8.97. The van der Waals surface area contributed by atoms with E-state index in [9.17, 15) is 9.59 Å². The molecule has 0 unspecified atom stereocenters. The Morgan fingerprint density at radius 2 is 1.81 bits per heavy atom. The van der Waals surface area contributed by atoms with Crippen LogP contribution in [0.2, 0.25) is 10.0 Å². The molecule has 1 N–H and O–H groups in total. The minimum absolute atomic E-state index is 0.142. The van der Waals surface area contributed by atoms with Crippen molar-refractivity contribution in [2.75, 3.05) is 19.0 Å². The Bertz CT molecular complexity index is 970. The fraction of sp³-hybridized carbons (Fsp3) is 0.440. The third-order valence-electron chi connectivity index (χ3n) is 5.99. The first-order valence-corrected chi connectivity index (χ1v) is 11.8. The number of benzene rings is 2. The zero-order valence-corrected chi connectivity index (χ0v) is 20.0. The van der Waals surface area contributed by atoms with Crippen LogP contribution in [0.3, 0.4) is 0 Å². The van der Waals surface area contributed by atoms with Crippen molar-refractivity contribution in [3.05, 3.63) is 57.6 Å². The summed E-state index contributed by atoms with van der Waals surface area (Å²) in [5.74, 6) is -0.214. The van der Waals surface area contributed by atoms with Gasteiger partial charge in [-0.1, -0.05) is 61.9 Å². The zero-order chi connectivity index (χ0) is 23.1. The number of esters is 1. The number of carbonyl (C=O) groups excluding carboxylic acids is 2. The predicted molar refractivity (Wildman–Crippen MR) is 128 cm³/mol. The highest BCUT2D eigenvalue weighted by Crippen LogP contribution is 2.44. The maximum atomic E-state index is 13.6. The van der Waals surface area contributed by atoms with Gasteiger partial charge in [-0.3, -0.25) is 4.79 Å². The number of nitrogens with one attached hydrogen (secondary N) is 1. The van der Waals surface area contributed by atoms with Gasteiger partial charge >= 0.3 is 5.97 Å². The van der Waals surface area contributed by atoms with E-state index in [1.807, 2.05) is 6.07 Å². The third kappa shape index (κ3) is 5.38. The number of unbranched alkanes of at least 4 members (excludes halogenated alkanes) is 1. The first kappa shape index (κ1) is 24.4. The Morgan fingerprint density at radius 1 is 1.06 bits per heavy atom. The Labute approximate surface area is 199 Å². The number of rotatable bonds is 8. The summed E-state index contributed by atoms with van der Waals surface area (Å²) in [6.45, 7) is 2.57. The van der Waals surface area contributed by atoms with Crippen LogP contribution in [0.1, 0.15) is 67.8 Å². The van der Waals surface area contributed by atoms with Crippen LogP contribution in [0.5, 0.6) is 5.75 Å². The molecule has 1 aliphatic carbocycles. The predicted octanol–water partition coefficient (Wildman–Crippen LogP) is 6.80. The van der Waals surface area contributed by atoms with E-state index >= 15 is 0 Å². The van der Waals surface area contributed by atoms with Gasteiger partial charge in [0.25, 0.3) is 0 Å². The van der Waals surface area contributed by atoms with Gasteiger partial charge in [0.1, 0.15) is 11.3 Å². The molecule has 1 saturated carbocycles. The SMILES string of the molecule is CCCCOc1ccc(NC(=O)C2(c3ccc(Cl)cc3Cl)CCCCC2)cc1C(=O)OC. The van der Waals surface area contributed by atoms with E-state index in [-0.39, 0.29) is 11.5 Å². The molecule has 1 aliphatic rings. The van der Waals surface area contributed by atoms with Crippen molar-refractivity contribution in [2.24, 2.45) is 0 Å². The lowest BCUT2D eigenvalue weighted by Gasteiger charge is -2.37. The normalized spacial score (nSPS) is 15.1. The quantitative estimate of drug-likeness (QED) is 0.335. The largest absolute Gasteiger partial charge is 0.493 e. The van der Waals surface area contributed by atoms with Crippen molar-refractivity contribution in [2.45, 2.75) is 57.3 Å². The molecule has 0 radical (unpaired) electrons. The number of halogens is 2. The van der Waals surface area contributed by atoms with E-state index in [0.717, 1.165) is 37.7 Å². The number of amides is 1. The smallest absolute Gasteiger partial charge is 0.341 e. The van der Waals surface area contributed by atoms with Crippen LogP contribution in [-0.4, -0.2) is 25.6 Å². The summed E-state index contributed by atoms with van der Waals surface area (Å²) in [4.78, 5) is 25.9. The molecule has 172 valence electrons. The molecule has 0 aliphatic heterocycles. The maximum absolute atomic E-state index is 13.6. The average Bonchev–Trinajstić information content (AvgIpc) is 2.79. The van der Waals surface area contributed by atoms with Gasteiger partial charge in [-0.25, -0.2) is 4.79 Å². The number of carbonyl (C=O) groups is 2. The van der Waals surface area contributed by atoms with Crippen molar-refractivity contribution < 1.29 is 19.1 Å². The fourth-order valence-electron chi connectivity index (χ4n) is 4.23. The summed E-state index contributed by atoms with van der Waals surface area (Å²) in [5, 5.41) is 4.04. The molecule has 2 aromatic rings. The topological polar surface area (TPSA) is 64.6 Å². The first-order valence-electron chi connectivity index (χ1n) is 11.0. The highest BCUT2D eigenvalue weighted by atomic mass is 35.5. The Kier molecular flexibility index (Phi) is 8.44. The maximum Gasteiger partial charge on any atom is 0.341 e. The van der Waals surface area contributed by atoms with Gasteiger partial charge in [0, 0.05) is 15.7 Å². The van der Waals surface area contributed by atoms with Crippen molar-refractivity contribution in [3.63, 3.8) is 0 Å². The number of hydrogen-bond donors (Lipinski definition) is 1. The summed E-state index contributed by atoms with van der Waals surface area (Å²) in [7, 11) is 1.32. The molecule has 0 bridgehead atoms. The molecule has 5 nitrogen and oxygen atoms in total. The zero-order valence-electron chi connectivity index (χ0n) is 18.5. The summed E-state index contributed by atoms with van der Waals surface area (Å²) in [5.41, 5.74) is 0.826. The molecule has 1 amide bonds. The Hall–Kier alpha value is -2.24. The van der Waals surface area contributed by atoms with Gasteiger partial charge < -0.3 is 14.8 Å². The number of hydrogen-bond acceptors (Lipinski definition) is 4. The second-order valence-electron chi connectivity index (χ2n) is 8.13. The van der Waals surface area contributed by atoms with E-state index in [1.54, 1.807) is 30.3 Å². The fourth-order valence-corrected chi connectivity index (χ4v) is 4.82. The molecule has 7 heteroatoms. The minimum atomic E-state index is -0.748. The number of anilines is 1. The lowest BCUT2D eigenvalue weighted by atomic mass is 9.68. The van der Waals surface area contributed by atoms with Crippen LogP contribution in [0.4, 0.5) is 5.69 Å². The van der Waals surface area contributed by atoms with Crippen LogP contribution in [-0.2, 0) is 14.9 Å². The number of ether oxygens (including phenoxy) is 2. The van der Waals surface area contributed by atoms with Crippen LogP contribution in [0.25, 0.3) is 0 Å². The van der Waals surface area contributed by atoms with Crippen molar-refractivity contribution in [3.8, 4) is 5.75 Å². The minimum Gasteiger partial charge on any atom is -0.493 e. The van der Waals surface area contributed by atoms with Gasteiger partial charge in [0.2, 0.25) is 5.91 Å². The Morgan fingerprint density at radius 3 is 2.47 bits per heavy atom. The van der Waals surface area contributed by atoms with Crippen LogP contribution in [0.15, 0.2) is 36.4 Å². The van der Waals surface area contributed by atoms with E-state index in [1.165, 1.54) is 7.11 Å². The lowest BCUT2D eigenvalue weighted by Crippen LogP contribution is -2.42. The second kappa shape index (κ2) is 11.1. The molecule has 32 heavy (non-hydrogen) atoms. The van der Waals surface area contributed by atoms with Gasteiger partial charge in [0.05, 0.1) is 19.1 Å². The van der Waals surface area contributed by atoms with Crippen molar-refractivity contribution >= 4 is 40.8 Å². The summed E-state index contributed by atoms with van der Waals surface area (Å²) < 4.78 is 10.7. The van der Waals surface area contributed by atoms with Gasteiger partial charge in [0.15, 0.2) is 0 Å². The highest BCUT2D eigenvalue weighted by Gasteiger charge is 2.42. The highest BCUT2D eigenvalue weighted by molar-refractivity contribution is 6.35. The summed E-state index contributed by atoms with van der Waals surface area (Å²) in [6.07, 6.45) is 6.20. The van der Waals surface area contributed by atoms with E-state index in [0.29, 0.717) is 40.9 Å². The van der Waals surface area contributed by atoms with E-state index in [4.69, 9.17) is 32.7 Å². The Balaban J connectivity index is 1.91. The standard InChI is InChI=1S/C25H29Cl2NO4/c1-3-4-14-32-22-11-9-18(16-19(22)23(29)31-2)28-24(30)25(12-6-5-7-13-25)20-10-8-17(26)15-21(20)27/h8-11,15-16H,3-7,12-14H2,1-2H3,(H,28,30). The number of methoxy groups -OCH3 is 1. The van der Waals surface area contributed by atoms with Gasteiger partial charge in [-0.05, 0) is 55.2 Å². The van der Waals surface area contributed by atoms with Crippen LogP contribution in [0, 0.1) is 0 Å². The third-order valence-corrected chi connectivity index (χ3v) is 6.53. The van der Waals surface area contributed by atoms with Crippen molar-refractivity contribution in [1.29, 1.82) is 0 Å². The van der Waals surface area contributed by atoms with Gasteiger partial charge in [-0.15, -0.1) is 0 Å². The summed E-state index contributed by atoms with van der Waals surface area (Å²) in [6, 6.07) is 10.3. The molecule has 3 rings (SSSR count). The molecule has 0 heterocycles. The monoisotopic (exact) mass is 477 g/mol. The van der Waals surface area contributed by atoms with E-state index in [2.05, 4.69) is 12.2 Å². The van der Waals surface area contributed by atoms with Gasteiger partial charge in [-0.2, -0.15) is 0 Å². The molecule has 1 fully saturated rings. The van der Waals surface area contributed by atoms with Crippen molar-refractivity contribution in [1.82, 2.24) is 0 Å². The first-order chi connectivity index (χ1) is 15.4. The molecule has 0 atom stereocenters. The molecule has 2 aromatic carbocycles.